The molecule has 3 rings (SSSR count). The van der Waals surface area contributed by atoms with Crippen molar-refractivity contribution in [2.45, 2.75) is 11.7 Å². The Morgan fingerprint density at radius 1 is 1.19 bits per heavy atom. The summed E-state index contributed by atoms with van der Waals surface area (Å²) in [6.07, 6.45) is 1.69. The number of aromatic nitrogens is 4. The van der Waals surface area contributed by atoms with Gasteiger partial charge in [-0.25, -0.2) is 4.68 Å². The van der Waals surface area contributed by atoms with Crippen LogP contribution in [0.2, 0.25) is 0 Å². The molecule has 2 aromatic carbocycles. The largest absolute Gasteiger partial charge is 0.457 e. The quantitative estimate of drug-likeness (QED) is 0.414. The molecular weight excluding hydrogens is 430 g/mol. The minimum absolute atomic E-state index is 0.144. The number of rotatable bonds is 8. The van der Waals surface area contributed by atoms with Gasteiger partial charge in [-0.15, -0.1) is 11.7 Å². The maximum atomic E-state index is 12.1. The summed E-state index contributed by atoms with van der Waals surface area (Å²) in [5.74, 6) is 1.49. The van der Waals surface area contributed by atoms with Crippen LogP contribution in [0.1, 0.15) is 0 Å². The zero-order chi connectivity index (χ0) is 19.1. The average molecular weight is 446 g/mol. The zero-order valence-electron chi connectivity index (χ0n) is 14.2. The van der Waals surface area contributed by atoms with Crippen LogP contribution >= 0.6 is 27.7 Å². The molecular formula is C18H16BrN5O2S. The summed E-state index contributed by atoms with van der Waals surface area (Å²) in [4.78, 5) is 12.1. The molecule has 27 heavy (non-hydrogen) atoms. The van der Waals surface area contributed by atoms with Crippen molar-refractivity contribution in [3.8, 4) is 11.5 Å². The monoisotopic (exact) mass is 445 g/mol. The Morgan fingerprint density at radius 3 is 2.52 bits per heavy atom. The molecule has 0 bridgehead atoms. The number of tetrazole rings is 1. The number of amides is 1. The summed E-state index contributed by atoms with van der Waals surface area (Å²) in [5.41, 5.74) is 0.689. The number of nitrogens with one attached hydrogen (secondary N) is 1. The second kappa shape index (κ2) is 9.33. The lowest BCUT2D eigenvalue weighted by molar-refractivity contribution is -0.113. The van der Waals surface area contributed by atoms with Crippen LogP contribution in [-0.2, 0) is 11.3 Å². The maximum Gasteiger partial charge on any atom is 0.234 e. The first kappa shape index (κ1) is 19.1. The molecule has 138 valence electrons. The maximum absolute atomic E-state index is 12.1. The second-order valence-electron chi connectivity index (χ2n) is 5.35. The summed E-state index contributed by atoms with van der Waals surface area (Å²) < 4.78 is 8.33. The van der Waals surface area contributed by atoms with Crippen molar-refractivity contribution >= 4 is 39.3 Å². The molecule has 0 saturated heterocycles. The van der Waals surface area contributed by atoms with E-state index in [2.05, 4.69) is 43.4 Å². The summed E-state index contributed by atoms with van der Waals surface area (Å²) in [6.45, 7) is 4.14. The highest BCUT2D eigenvalue weighted by Crippen LogP contribution is 2.24. The van der Waals surface area contributed by atoms with Crippen LogP contribution in [0.4, 0.5) is 5.69 Å². The summed E-state index contributed by atoms with van der Waals surface area (Å²) in [7, 11) is 0. The van der Waals surface area contributed by atoms with Gasteiger partial charge < -0.3 is 10.1 Å². The highest BCUT2D eigenvalue weighted by molar-refractivity contribution is 9.10. The highest BCUT2D eigenvalue weighted by atomic mass is 79.9. The lowest BCUT2D eigenvalue weighted by Gasteiger charge is -2.08. The molecule has 0 aliphatic heterocycles. The molecule has 0 radical (unpaired) electrons. The number of ether oxygens (including phenoxy) is 1. The van der Waals surface area contributed by atoms with Gasteiger partial charge in [0.15, 0.2) is 0 Å². The number of nitrogens with zero attached hydrogens (tertiary/aromatic N) is 4. The Morgan fingerprint density at radius 2 is 1.85 bits per heavy atom. The first-order valence-electron chi connectivity index (χ1n) is 7.97. The third kappa shape index (κ3) is 5.66. The van der Waals surface area contributed by atoms with Gasteiger partial charge in [0.1, 0.15) is 11.5 Å². The fraction of sp³-hybridized carbons (Fsp3) is 0.111. The Bertz CT molecular complexity index is 912. The van der Waals surface area contributed by atoms with E-state index in [1.807, 2.05) is 24.3 Å². The van der Waals surface area contributed by atoms with Crippen molar-refractivity contribution in [3.63, 3.8) is 0 Å². The van der Waals surface area contributed by atoms with E-state index in [0.29, 0.717) is 23.1 Å². The molecule has 0 spiro atoms. The fourth-order valence-electron chi connectivity index (χ4n) is 2.11. The Hall–Kier alpha value is -2.65. The van der Waals surface area contributed by atoms with E-state index in [4.69, 9.17) is 4.74 Å². The summed E-state index contributed by atoms with van der Waals surface area (Å²) in [6, 6.07) is 14.7. The molecule has 0 atom stereocenters. The molecule has 7 nitrogen and oxygen atoms in total. The number of hydrogen-bond donors (Lipinski definition) is 1. The van der Waals surface area contributed by atoms with E-state index >= 15 is 0 Å². The minimum Gasteiger partial charge on any atom is -0.457 e. The molecule has 1 heterocycles. The number of benzene rings is 2. The molecule has 0 aliphatic carbocycles. The molecule has 0 aliphatic rings. The molecule has 1 aromatic heterocycles. The van der Waals surface area contributed by atoms with Crippen LogP contribution in [0.25, 0.3) is 0 Å². The first-order chi connectivity index (χ1) is 13.1. The van der Waals surface area contributed by atoms with Crippen LogP contribution in [0.15, 0.2) is 70.8 Å². The predicted molar refractivity (Wildman–Crippen MR) is 108 cm³/mol. The van der Waals surface area contributed by atoms with Crippen molar-refractivity contribution in [1.29, 1.82) is 0 Å². The number of hydrogen-bond acceptors (Lipinski definition) is 6. The highest BCUT2D eigenvalue weighted by Gasteiger charge is 2.09. The van der Waals surface area contributed by atoms with Gasteiger partial charge in [-0.3, -0.25) is 4.79 Å². The van der Waals surface area contributed by atoms with Crippen LogP contribution in [0.5, 0.6) is 11.5 Å². The number of anilines is 1. The number of halogens is 1. The van der Waals surface area contributed by atoms with Gasteiger partial charge in [-0.1, -0.05) is 33.8 Å². The van der Waals surface area contributed by atoms with Crippen molar-refractivity contribution in [1.82, 2.24) is 20.2 Å². The van der Waals surface area contributed by atoms with Gasteiger partial charge in [0.25, 0.3) is 0 Å². The Balaban J connectivity index is 1.51. The molecule has 0 fully saturated rings. The minimum atomic E-state index is -0.144. The zero-order valence-corrected chi connectivity index (χ0v) is 16.6. The normalized spacial score (nSPS) is 10.4. The van der Waals surface area contributed by atoms with E-state index in [1.165, 1.54) is 11.8 Å². The lowest BCUT2D eigenvalue weighted by Crippen LogP contribution is -2.14. The van der Waals surface area contributed by atoms with E-state index in [1.54, 1.807) is 35.0 Å². The standard InChI is InChI=1S/C18H16BrN5O2S/c1-2-11-24-18(21-22-23-24)27-12-17(25)20-14-5-9-16(10-6-14)26-15-7-3-13(19)4-8-15/h2-10H,1,11-12H2,(H,20,25). The fourth-order valence-corrected chi connectivity index (χ4v) is 3.06. The topological polar surface area (TPSA) is 81.9 Å². The van der Waals surface area contributed by atoms with Gasteiger partial charge in [0.05, 0.1) is 12.3 Å². The average Bonchev–Trinajstić information content (AvgIpc) is 3.11. The van der Waals surface area contributed by atoms with Crippen LogP contribution in [-0.4, -0.2) is 31.9 Å². The number of carbonyl (C=O) groups is 1. The molecule has 0 saturated carbocycles. The van der Waals surface area contributed by atoms with Gasteiger partial charge in [0.2, 0.25) is 11.1 Å². The van der Waals surface area contributed by atoms with Crippen LogP contribution < -0.4 is 10.1 Å². The van der Waals surface area contributed by atoms with Crippen molar-refractivity contribution in [3.05, 3.63) is 65.7 Å². The smallest absolute Gasteiger partial charge is 0.234 e. The van der Waals surface area contributed by atoms with Gasteiger partial charge in [0, 0.05) is 10.2 Å². The SMILES string of the molecule is C=CCn1nnnc1SCC(=O)Nc1ccc(Oc2ccc(Br)cc2)cc1. The summed E-state index contributed by atoms with van der Waals surface area (Å²) in [5, 5.41) is 14.7. The second-order valence-corrected chi connectivity index (χ2v) is 7.21. The van der Waals surface area contributed by atoms with Crippen molar-refractivity contribution in [2.24, 2.45) is 0 Å². The van der Waals surface area contributed by atoms with E-state index in [-0.39, 0.29) is 11.7 Å². The van der Waals surface area contributed by atoms with E-state index < -0.39 is 0 Å². The van der Waals surface area contributed by atoms with E-state index in [0.717, 1.165) is 10.2 Å². The van der Waals surface area contributed by atoms with E-state index in [9.17, 15) is 4.79 Å². The molecule has 0 unspecified atom stereocenters. The number of allylic oxidation sites excluding steroid dienone is 1. The first-order valence-corrected chi connectivity index (χ1v) is 9.75. The molecule has 1 amide bonds. The molecule has 9 heteroatoms. The third-order valence-corrected chi connectivity index (χ3v) is 4.81. The van der Waals surface area contributed by atoms with Crippen molar-refractivity contribution < 1.29 is 9.53 Å². The third-order valence-electron chi connectivity index (χ3n) is 3.32. The number of carbonyl (C=O) groups excluding carboxylic acids is 1. The van der Waals surface area contributed by atoms with Gasteiger partial charge in [-0.05, 0) is 59.0 Å². The Kier molecular flexibility index (Phi) is 6.61. The van der Waals surface area contributed by atoms with Crippen LogP contribution in [0.3, 0.4) is 0 Å². The predicted octanol–water partition coefficient (Wildman–Crippen LogP) is 4.14. The molecule has 3 aromatic rings. The molecule has 1 N–H and O–H groups in total. The summed E-state index contributed by atoms with van der Waals surface area (Å²) >= 11 is 4.65. The number of thioether (sulfide) groups is 1. The van der Waals surface area contributed by atoms with Crippen LogP contribution in [0, 0.1) is 0 Å². The van der Waals surface area contributed by atoms with Crippen molar-refractivity contribution in [2.75, 3.05) is 11.1 Å². The Labute approximate surface area is 168 Å². The van der Waals surface area contributed by atoms with Gasteiger partial charge >= 0.3 is 0 Å². The lowest BCUT2D eigenvalue weighted by atomic mass is 10.3. The van der Waals surface area contributed by atoms with Gasteiger partial charge in [-0.2, -0.15) is 0 Å².